The van der Waals surface area contributed by atoms with Gasteiger partial charge in [-0.25, -0.2) is 16.8 Å². The zero-order valence-corrected chi connectivity index (χ0v) is 56.7. The average Bonchev–Trinajstić information content (AvgIpc) is 0.810. The zero-order valence-electron chi connectivity index (χ0n) is 51.1. The number of hydrogen-bond acceptors (Lipinski definition) is 41. The summed E-state index contributed by atoms with van der Waals surface area (Å²) in [5.74, 6) is -1.67. The van der Waals surface area contributed by atoms with Crippen LogP contribution in [-0.2, 0) is 96.0 Å². The molecule has 21 aliphatic rings. The van der Waals surface area contributed by atoms with Crippen molar-refractivity contribution in [2.45, 2.75) is 241 Å². The van der Waals surface area contributed by atoms with Crippen molar-refractivity contribution in [1.82, 2.24) is 0 Å². The van der Waals surface area contributed by atoms with E-state index in [4.69, 9.17) is 75.8 Å². The SMILES string of the molecule is O=S(=O)([O-])CCCCOC[C@H]1O[C@@H]2O[C@H]3[C@H](O)[C@@H](O)[C@@H](O[C@H]4[C@H](O)[C@@H](O)[C@@H](O[C@@H]5[C@@H](O)[C@H](O)[C@H](O[C@@H]6[C@@H](O)[C@H](O)[C@H](O[C@@H]7[C@@H](O)[C@H](O)[C@H](O[C@H]8[C@H](O)[C@@H](O)[C@@H](O[C@H]1[C@H](O)[C@H]2OCCCCS(=O)(=O)[O-])O[C@@H]8CO)O[C@H]7CO)O[C@H]6CO)O[C@H]5CO)O[C@@H]4CO)O[C@@H]3CO.[Na+].[Na+]. The summed E-state index contributed by atoms with van der Waals surface area (Å²) in [6, 6.07) is 0. The molecule has 0 saturated carbocycles. The molecule has 0 aromatic rings. The molecular weight excluding hydrogens is 1370 g/mol. The maximum Gasteiger partial charge on any atom is 1.00 e. The standard InChI is InChI=1S/C50H86O41S2.2Na/c51-9-16-36-23(57)29(63)45(78-16)86-38-18(11-53)80-47(31(65)25(38)59)88-40-20(13-55)82-49(33(67)27(40)61)90-42-22(15-76-5-1-3-7-92(70,71)72)84-50(43(35(42)69)77-6-2-4-8-93(73,74)75)91-41-21(14-56)83-48(34(68)28(41)62)89-39-19(12-54)81-46(32(66)26(39)60)87-37-17(10-52)79-44(85-36)30(64)24(37)58;;/h16-69H,1-15H2,(H,70,71,72)(H,73,74,75);;/q;2*+1/p-2/t16-,17-,18-,19+,20+,21+,22+,23-,24-,25-,26+,27+,28+,29-,30-,31-,32+,33+,34+,35-,36-,37-,38-,39+,40+,41+,42+,43+,44-,45-,46+,47-,48+,49+,50+;;/m0../s1. The van der Waals surface area contributed by atoms with Gasteiger partial charge in [-0.3, -0.25) is 0 Å². The molecule has 21 heterocycles. The summed E-state index contributed by atoms with van der Waals surface area (Å²) in [7, 11) is -9.42. The van der Waals surface area contributed by atoms with Crippen LogP contribution < -0.4 is 59.1 Å². The first-order valence-electron chi connectivity index (χ1n) is 29.7. The molecule has 45 heteroatoms. The van der Waals surface area contributed by atoms with Crippen molar-refractivity contribution in [3.05, 3.63) is 0 Å². The van der Waals surface area contributed by atoms with Crippen molar-refractivity contribution >= 4 is 20.2 Å². The second kappa shape index (κ2) is 37.4. The van der Waals surface area contributed by atoms with Gasteiger partial charge in [-0.15, -0.1) is 0 Å². The molecule has 21 rings (SSSR count). The van der Waals surface area contributed by atoms with Crippen LogP contribution in [0.2, 0.25) is 0 Å². The number of rotatable bonds is 19. The molecule has 0 aliphatic carbocycles. The Labute approximate surface area is 586 Å². The number of hydrogen-bond donors (Lipinski definition) is 19. The van der Waals surface area contributed by atoms with E-state index in [1.165, 1.54) is 0 Å². The number of aliphatic hydroxyl groups excluding tert-OH is 19. The summed E-state index contributed by atoms with van der Waals surface area (Å²) in [5, 5.41) is 214. The third-order valence-corrected chi connectivity index (χ3v) is 18.5. The third-order valence-electron chi connectivity index (χ3n) is 16.9. The van der Waals surface area contributed by atoms with Gasteiger partial charge in [0.05, 0.1) is 66.5 Å². The average molecular weight is 1450 g/mol. The van der Waals surface area contributed by atoms with Gasteiger partial charge in [-0.1, -0.05) is 0 Å². The monoisotopic (exact) mass is 1450 g/mol. The van der Waals surface area contributed by atoms with Crippen LogP contribution in [0.4, 0.5) is 0 Å². The maximum absolute atomic E-state index is 12.3. The van der Waals surface area contributed by atoms with E-state index in [0.717, 1.165) is 0 Å². The van der Waals surface area contributed by atoms with E-state index in [2.05, 4.69) is 0 Å². The van der Waals surface area contributed by atoms with E-state index in [9.17, 15) is 123 Å². The number of aliphatic hydroxyl groups is 19. The quantitative estimate of drug-likeness (QED) is 0.0324. The van der Waals surface area contributed by atoms with Crippen LogP contribution in [0.3, 0.4) is 0 Å². The molecule has 95 heavy (non-hydrogen) atoms. The molecule has 0 aromatic heterocycles. The summed E-state index contributed by atoms with van der Waals surface area (Å²) >= 11 is 0. The smallest absolute Gasteiger partial charge is 0.748 e. The third kappa shape index (κ3) is 20.3. The Morgan fingerprint density at radius 2 is 0.505 bits per heavy atom. The van der Waals surface area contributed by atoms with E-state index >= 15 is 0 Å². The Morgan fingerprint density at radius 1 is 0.284 bits per heavy atom. The molecule has 21 aliphatic heterocycles. The van der Waals surface area contributed by atoms with Gasteiger partial charge in [-0.05, 0) is 25.7 Å². The number of unbranched alkanes of at least 4 members (excludes halogenated alkanes) is 2. The first-order valence-corrected chi connectivity index (χ1v) is 32.9. The summed E-state index contributed by atoms with van der Waals surface area (Å²) < 4.78 is 162. The van der Waals surface area contributed by atoms with Gasteiger partial charge in [0.15, 0.2) is 44.0 Å². The fraction of sp³-hybridized carbons (Fsp3) is 1.00. The Bertz CT molecular complexity index is 2500. The van der Waals surface area contributed by atoms with Crippen LogP contribution >= 0.6 is 0 Å². The molecule has 544 valence electrons. The molecule has 41 nitrogen and oxygen atoms in total. The summed E-state index contributed by atoms with van der Waals surface area (Å²) in [5.41, 5.74) is 0. The van der Waals surface area contributed by atoms with E-state index in [1.807, 2.05) is 0 Å². The Kier molecular flexibility index (Phi) is 33.2. The van der Waals surface area contributed by atoms with Gasteiger partial charge in [0, 0.05) is 24.7 Å². The minimum atomic E-state index is -4.76. The molecule has 21 saturated heterocycles. The fourth-order valence-electron chi connectivity index (χ4n) is 11.8. The van der Waals surface area contributed by atoms with Crippen molar-refractivity contribution in [2.24, 2.45) is 0 Å². The van der Waals surface area contributed by atoms with Crippen molar-refractivity contribution in [3.63, 3.8) is 0 Å². The fourth-order valence-corrected chi connectivity index (χ4v) is 13.0. The normalized spacial score (nSPS) is 47.2. The number of ether oxygens (including phenoxy) is 16. The Balaban J connectivity index is 0.00000714. The molecule has 35 atom stereocenters. The molecule has 0 unspecified atom stereocenters. The van der Waals surface area contributed by atoms with Gasteiger partial charge in [0.25, 0.3) is 0 Å². The molecule has 21 fully saturated rings. The predicted octanol–water partition coefficient (Wildman–Crippen LogP) is -20.5. The Hall–Kier alpha value is 0.420. The van der Waals surface area contributed by atoms with Gasteiger partial charge in [-0.2, -0.15) is 0 Å². The molecule has 0 spiro atoms. The van der Waals surface area contributed by atoms with Crippen LogP contribution in [0.5, 0.6) is 0 Å². The molecular formula is C50H84Na2O41S2. The van der Waals surface area contributed by atoms with Crippen LogP contribution in [0.1, 0.15) is 25.7 Å². The second-order valence-electron chi connectivity index (χ2n) is 23.3. The van der Waals surface area contributed by atoms with Crippen molar-refractivity contribution < 1.29 is 258 Å². The van der Waals surface area contributed by atoms with Crippen molar-refractivity contribution in [3.8, 4) is 0 Å². The first kappa shape index (κ1) is 84.4. The summed E-state index contributed by atoms with van der Waals surface area (Å²) in [6.45, 7) is -8.19. The zero-order chi connectivity index (χ0) is 68.1. The van der Waals surface area contributed by atoms with Gasteiger partial charge >= 0.3 is 59.1 Å². The summed E-state index contributed by atoms with van der Waals surface area (Å²) in [6.07, 6.45) is -73.1. The van der Waals surface area contributed by atoms with Crippen molar-refractivity contribution in [1.29, 1.82) is 0 Å². The van der Waals surface area contributed by atoms with E-state index in [-0.39, 0.29) is 91.4 Å². The molecule has 19 N–H and O–H groups in total. The first-order chi connectivity index (χ1) is 44.0. The van der Waals surface area contributed by atoms with Gasteiger partial charge < -0.3 is 182 Å². The van der Waals surface area contributed by atoms with E-state index in [1.54, 1.807) is 0 Å². The minimum Gasteiger partial charge on any atom is -0.748 e. The van der Waals surface area contributed by atoms with Gasteiger partial charge in [0.2, 0.25) is 0 Å². The molecule has 0 aromatic carbocycles. The summed E-state index contributed by atoms with van der Waals surface area (Å²) in [4.78, 5) is 0. The maximum atomic E-state index is 12.3. The molecule has 0 amide bonds. The Morgan fingerprint density at radius 3 is 0.747 bits per heavy atom. The van der Waals surface area contributed by atoms with Crippen LogP contribution in [0.25, 0.3) is 0 Å². The van der Waals surface area contributed by atoms with E-state index < -0.39 is 300 Å². The minimum absolute atomic E-state index is 0. The van der Waals surface area contributed by atoms with Crippen molar-refractivity contribution in [2.75, 3.05) is 71.0 Å². The molecule has 0 radical (unpaired) electrons. The van der Waals surface area contributed by atoms with Crippen LogP contribution in [0, 0.1) is 0 Å². The van der Waals surface area contributed by atoms with Gasteiger partial charge in [0.1, 0.15) is 171 Å². The van der Waals surface area contributed by atoms with E-state index in [0.29, 0.717) is 0 Å². The largest absolute Gasteiger partial charge is 1.00 e. The predicted molar refractivity (Wildman–Crippen MR) is 283 cm³/mol. The second-order valence-corrected chi connectivity index (χ2v) is 26.4. The van der Waals surface area contributed by atoms with Crippen LogP contribution in [0.15, 0.2) is 0 Å². The molecule has 14 bridgehead atoms. The topological polar surface area (TPSA) is 646 Å². The van der Waals surface area contributed by atoms with Crippen LogP contribution in [-0.4, -0.2) is 409 Å².